The fourth-order valence-electron chi connectivity index (χ4n) is 3.40. The maximum atomic E-state index is 13.0. The van der Waals surface area contributed by atoms with Crippen LogP contribution in [0, 0.1) is 0 Å². The Morgan fingerprint density at radius 1 is 1.34 bits per heavy atom. The number of ether oxygens (including phenoxy) is 1. The normalized spacial score (nSPS) is 13.6. The van der Waals surface area contributed by atoms with Gasteiger partial charge in [-0.25, -0.2) is 9.78 Å². The van der Waals surface area contributed by atoms with E-state index in [-0.39, 0.29) is 47.0 Å². The van der Waals surface area contributed by atoms with Crippen LogP contribution in [0.2, 0.25) is 5.02 Å². The van der Waals surface area contributed by atoms with E-state index in [0.29, 0.717) is 15.9 Å². The van der Waals surface area contributed by atoms with Gasteiger partial charge in [-0.15, -0.1) is 0 Å². The van der Waals surface area contributed by atoms with Crippen LogP contribution >= 0.6 is 23.4 Å². The van der Waals surface area contributed by atoms with Crippen LogP contribution in [0.3, 0.4) is 0 Å². The molecule has 4 rings (SSSR count). The zero-order chi connectivity index (χ0) is 23.0. The van der Waals surface area contributed by atoms with Gasteiger partial charge in [0.15, 0.2) is 10.9 Å². The van der Waals surface area contributed by atoms with Crippen molar-refractivity contribution in [3.63, 3.8) is 0 Å². The molecule has 3 aromatic rings. The molecule has 1 fully saturated rings. The van der Waals surface area contributed by atoms with E-state index in [2.05, 4.69) is 9.97 Å². The lowest BCUT2D eigenvalue weighted by Crippen LogP contribution is -2.36. The van der Waals surface area contributed by atoms with Gasteiger partial charge >= 0.3 is 5.69 Å². The van der Waals surface area contributed by atoms with Crippen molar-refractivity contribution in [3.8, 4) is 0 Å². The summed E-state index contributed by atoms with van der Waals surface area (Å²) in [4.78, 5) is 56.9. The van der Waals surface area contributed by atoms with Gasteiger partial charge in [-0.3, -0.25) is 28.5 Å². The lowest BCUT2D eigenvalue weighted by atomic mass is 10.2. The number of benzene rings is 1. The summed E-state index contributed by atoms with van der Waals surface area (Å²) in [6.07, 6.45) is 1.52. The number of ketones is 1. The van der Waals surface area contributed by atoms with Crippen LogP contribution in [0.4, 0.5) is 5.82 Å². The van der Waals surface area contributed by atoms with Gasteiger partial charge in [-0.05, 0) is 31.0 Å². The second-order valence-electron chi connectivity index (χ2n) is 7.34. The van der Waals surface area contributed by atoms with E-state index in [0.717, 1.165) is 24.6 Å². The van der Waals surface area contributed by atoms with Gasteiger partial charge in [-0.2, -0.15) is 0 Å². The van der Waals surface area contributed by atoms with Gasteiger partial charge < -0.3 is 10.5 Å². The summed E-state index contributed by atoms with van der Waals surface area (Å²) >= 11 is 7.03. The fraction of sp³-hybridized carbons (Fsp3) is 0.350. The number of halogens is 1. The SMILES string of the molecule is COCCn1c(SCC(=O)c2c(N)n(C3CC3)c(=O)[nH]c2=O)nc2cc(Cl)ccc2c1=O. The number of aromatic nitrogens is 4. The number of nitrogens with one attached hydrogen (secondary N) is 1. The Hall–Kier alpha value is -2.89. The smallest absolute Gasteiger partial charge is 0.330 e. The summed E-state index contributed by atoms with van der Waals surface area (Å²) < 4.78 is 7.75. The molecule has 0 saturated heterocycles. The molecular weight excluding hydrogens is 458 g/mol. The zero-order valence-electron chi connectivity index (χ0n) is 17.1. The maximum absolute atomic E-state index is 13.0. The molecule has 168 valence electrons. The lowest BCUT2D eigenvalue weighted by molar-refractivity contribution is 0.102. The summed E-state index contributed by atoms with van der Waals surface area (Å²) in [5.41, 5.74) is 4.40. The third-order valence-electron chi connectivity index (χ3n) is 5.11. The molecular formula is C20H20ClN5O5S. The average molecular weight is 478 g/mol. The quantitative estimate of drug-likeness (QED) is 0.282. The summed E-state index contributed by atoms with van der Waals surface area (Å²) in [5.74, 6) is -0.912. The Labute approximate surface area is 190 Å². The highest BCUT2D eigenvalue weighted by atomic mass is 35.5. The Morgan fingerprint density at radius 3 is 2.78 bits per heavy atom. The van der Waals surface area contributed by atoms with Crippen LogP contribution in [-0.4, -0.2) is 44.4 Å². The number of aromatic amines is 1. The summed E-state index contributed by atoms with van der Waals surface area (Å²) in [5, 5.41) is 1.09. The van der Waals surface area contributed by atoms with Gasteiger partial charge in [0.25, 0.3) is 11.1 Å². The highest BCUT2D eigenvalue weighted by molar-refractivity contribution is 7.99. The number of hydrogen-bond donors (Lipinski definition) is 2. The van der Waals surface area contributed by atoms with Crippen LogP contribution in [-0.2, 0) is 11.3 Å². The van der Waals surface area contributed by atoms with E-state index < -0.39 is 17.0 Å². The van der Waals surface area contributed by atoms with Crippen molar-refractivity contribution in [2.24, 2.45) is 0 Å². The van der Waals surface area contributed by atoms with Crippen LogP contribution in [0.25, 0.3) is 10.9 Å². The fourth-order valence-corrected chi connectivity index (χ4v) is 4.46. The van der Waals surface area contributed by atoms with Crippen molar-refractivity contribution in [1.82, 2.24) is 19.1 Å². The number of carbonyl (C=O) groups excluding carboxylic acids is 1. The number of thioether (sulfide) groups is 1. The number of anilines is 1. The van der Waals surface area contributed by atoms with Crippen molar-refractivity contribution in [2.75, 3.05) is 25.2 Å². The standard InChI is InChI=1S/C20H20ClN5O5S/c1-31-7-6-25-18(29)12-5-2-10(21)8-13(12)23-20(25)32-9-14(27)15-16(22)26(11-3-4-11)19(30)24-17(15)28/h2,5,8,11H,3-4,6-7,9,22H2,1H3,(H,24,28,30). The first kappa shape index (κ1) is 22.3. The molecule has 0 spiro atoms. The maximum Gasteiger partial charge on any atom is 0.330 e. The number of nitrogens with zero attached hydrogens (tertiary/aromatic N) is 3. The average Bonchev–Trinajstić information content (AvgIpc) is 3.56. The van der Waals surface area contributed by atoms with Crippen LogP contribution in [0.5, 0.6) is 0 Å². The Morgan fingerprint density at radius 2 is 2.09 bits per heavy atom. The molecule has 3 N–H and O–H groups in total. The van der Waals surface area contributed by atoms with Crippen molar-refractivity contribution in [3.05, 3.63) is 60.0 Å². The molecule has 1 aliphatic rings. The highest BCUT2D eigenvalue weighted by Gasteiger charge is 2.30. The van der Waals surface area contributed by atoms with Crippen molar-refractivity contribution < 1.29 is 9.53 Å². The summed E-state index contributed by atoms with van der Waals surface area (Å²) in [7, 11) is 1.51. The van der Waals surface area contributed by atoms with Crippen LogP contribution in [0.15, 0.2) is 37.7 Å². The van der Waals surface area contributed by atoms with E-state index >= 15 is 0 Å². The van der Waals surface area contributed by atoms with E-state index in [1.54, 1.807) is 18.2 Å². The number of H-pyrrole nitrogens is 1. The third kappa shape index (κ3) is 4.23. The van der Waals surface area contributed by atoms with E-state index in [9.17, 15) is 19.2 Å². The number of fused-ring (bicyclic) bond motifs is 1. The monoisotopic (exact) mass is 477 g/mol. The van der Waals surface area contributed by atoms with Gasteiger partial charge in [0.1, 0.15) is 11.4 Å². The molecule has 1 saturated carbocycles. The molecule has 0 unspecified atom stereocenters. The van der Waals surface area contributed by atoms with Crippen molar-refractivity contribution in [2.45, 2.75) is 30.6 Å². The minimum Gasteiger partial charge on any atom is -0.384 e. The van der Waals surface area contributed by atoms with E-state index in [1.165, 1.54) is 16.2 Å². The van der Waals surface area contributed by atoms with Gasteiger partial charge in [0.2, 0.25) is 0 Å². The number of rotatable bonds is 8. The molecule has 0 aliphatic heterocycles. The van der Waals surface area contributed by atoms with Gasteiger partial charge in [0.05, 0.1) is 29.8 Å². The molecule has 10 nitrogen and oxygen atoms in total. The third-order valence-corrected chi connectivity index (χ3v) is 6.32. The minimum atomic E-state index is -0.829. The summed E-state index contributed by atoms with van der Waals surface area (Å²) in [6.45, 7) is 0.494. The first-order valence-electron chi connectivity index (χ1n) is 9.81. The number of hydrogen-bond acceptors (Lipinski definition) is 8. The number of methoxy groups -OCH3 is 1. The van der Waals surface area contributed by atoms with Gasteiger partial charge in [-0.1, -0.05) is 23.4 Å². The second kappa shape index (κ2) is 8.93. The largest absolute Gasteiger partial charge is 0.384 e. The molecule has 32 heavy (non-hydrogen) atoms. The second-order valence-corrected chi connectivity index (χ2v) is 8.72. The van der Waals surface area contributed by atoms with Crippen LogP contribution < -0.4 is 22.5 Å². The first-order valence-corrected chi connectivity index (χ1v) is 11.2. The highest BCUT2D eigenvalue weighted by Crippen LogP contribution is 2.35. The minimum absolute atomic E-state index is 0.107. The summed E-state index contributed by atoms with van der Waals surface area (Å²) in [6, 6.07) is 4.66. The van der Waals surface area contributed by atoms with Gasteiger partial charge in [0, 0.05) is 18.2 Å². The zero-order valence-corrected chi connectivity index (χ0v) is 18.7. The van der Waals surface area contributed by atoms with Crippen molar-refractivity contribution >= 4 is 45.9 Å². The molecule has 1 aromatic carbocycles. The lowest BCUT2D eigenvalue weighted by Gasteiger charge is -2.13. The Balaban J connectivity index is 1.69. The number of carbonyl (C=O) groups is 1. The predicted molar refractivity (Wildman–Crippen MR) is 122 cm³/mol. The number of nitrogen functional groups attached to an aromatic ring is 1. The molecule has 2 aromatic heterocycles. The van der Waals surface area contributed by atoms with E-state index in [4.69, 9.17) is 22.1 Å². The molecule has 0 radical (unpaired) electrons. The molecule has 12 heteroatoms. The number of Topliss-reactive ketones (excluding diaryl/α,β-unsaturated/α-hetero) is 1. The van der Waals surface area contributed by atoms with E-state index in [1.807, 2.05) is 0 Å². The predicted octanol–water partition coefficient (Wildman–Crippen LogP) is 1.44. The van der Waals surface area contributed by atoms with Crippen molar-refractivity contribution in [1.29, 1.82) is 0 Å². The molecule has 0 atom stereocenters. The molecule has 0 amide bonds. The molecule has 2 heterocycles. The Bertz CT molecular complexity index is 1390. The molecule has 0 bridgehead atoms. The van der Waals surface area contributed by atoms with Crippen LogP contribution in [0.1, 0.15) is 29.2 Å². The number of nitrogens with two attached hydrogens (primary N) is 1. The first-order chi connectivity index (χ1) is 15.3. The Kier molecular flexibility index (Phi) is 6.22. The molecule has 1 aliphatic carbocycles. The topological polar surface area (TPSA) is 142 Å².